The molecule has 6 heteroatoms. The van der Waals surface area contributed by atoms with Gasteiger partial charge in [0, 0.05) is 34.4 Å². The van der Waals surface area contributed by atoms with Gasteiger partial charge in [0.05, 0.1) is 11.6 Å². The number of hydrogen-bond donors (Lipinski definition) is 2. The molecule has 0 saturated carbocycles. The first-order valence-corrected chi connectivity index (χ1v) is 9.28. The molecule has 0 aromatic carbocycles. The third-order valence-corrected chi connectivity index (χ3v) is 5.25. The van der Waals surface area contributed by atoms with Crippen LogP contribution >= 0.6 is 22.7 Å². The number of guanidine groups is 1. The molecule has 2 heterocycles. The maximum absolute atomic E-state index is 4.49. The first-order chi connectivity index (χ1) is 10.7. The number of thiazole rings is 1. The fraction of sp³-hybridized carbons (Fsp3) is 0.500. The normalized spacial score (nSPS) is 11.7. The van der Waals surface area contributed by atoms with Gasteiger partial charge in [0.1, 0.15) is 0 Å². The minimum atomic E-state index is 0.830. The molecule has 0 amide bonds. The third-order valence-electron chi connectivity index (χ3n) is 3.23. The summed E-state index contributed by atoms with van der Waals surface area (Å²) in [6.45, 7) is 5.95. The summed E-state index contributed by atoms with van der Waals surface area (Å²) in [5, 5.41) is 10.1. The molecule has 0 atom stereocenters. The van der Waals surface area contributed by atoms with Crippen molar-refractivity contribution in [1.82, 2.24) is 15.6 Å². The molecule has 0 fully saturated rings. The maximum Gasteiger partial charge on any atom is 0.191 e. The molecule has 0 aliphatic carbocycles. The summed E-state index contributed by atoms with van der Waals surface area (Å²) in [6, 6.07) is 4.31. The molecule has 0 aliphatic heterocycles. The lowest BCUT2D eigenvalue weighted by Crippen LogP contribution is -2.37. The Hall–Kier alpha value is -1.40. The molecule has 2 rings (SSSR count). The maximum atomic E-state index is 4.49. The Bertz CT molecular complexity index is 601. The molecule has 0 aliphatic rings. The third kappa shape index (κ3) is 5.77. The van der Waals surface area contributed by atoms with Gasteiger partial charge in [-0.2, -0.15) is 0 Å². The molecule has 0 saturated heterocycles. The summed E-state index contributed by atoms with van der Waals surface area (Å²) in [5.74, 6) is 0.871. The van der Waals surface area contributed by atoms with Crippen LogP contribution in [0.1, 0.15) is 33.3 Å². The lowest BCUT2D eigenvalue weighted by molar-refractivity contribution is 0.692. The van der Waals surface area contributed by atoms with Crippen LogP contribution in [-0.4, -0.2) is 24.5 Å². The number of nitrogens with zero attached hydrogens (tertiary/aromatic N) is 2. The Labute approximate surface area is 140 Å². The van der Waals surface area contributed by atoms with Crippen LogP contribution in [0.5, 0.6) is 0 Å². The fourth-order valence-corrected chi connectivity index (χ4v) is 3.75. The molecule has 2 aromatic heterocycles. The minimum Gasteiger partial charge on any atom is -0.356 e. The summed E-state index contributed by atoms with van der Waals surface area (Å²) in [6.07, 6.45) is 3.35. The Morgan fingerprint density at radius 3 is 2.73 bits per heavy atom. The van der Waals surface area contributed by atoms with E-state index < -0.39 is 0 Å². The standard InChI is InChI=1S/C16H24N4S2/c1-12-11-21-15(20-12)6-4-5-9-18-16(17-3)19-10-14-8-7-13(2)22-14/h7-8,11H,4-6,9-10H2,1-3H3,(H2,17,18,19). The molecule has 0 radical (unpaired) electrons. The monoisotopic (exact) mass is 336 g/mol. The highest BCUT2D eigenvalue weighted by atomic mass is 32.1. The SMILES string of the molecule is CN=C(NCCCCc1nc(C)cs1)NCc1ccc(C)s1. The molecule has 2 aromatic rings. The average Bonchev–Trinajstić information content (AvgIpc) is 3.10. The first-order valence-electron chi connectivity index (χ1n) is 7.58. The number of hydrogen-bond acceptors (Lipinski definition) is 4. The number of aromatic nitrogens is 1. The van der Waals surface area contributed by atoms with E-state index in [4.69, 9.17) is 0 Å². The molecule has 120 valence electrons. The lowest BCUT2D eigenvalue weighted by Gasteiger charge is -2.10. The molecule has 2 N–H and O–H groups in total. The van der Waals surface area contributed by atoms with Gasteiger partial charge < -0.3 is 10.6 Å². The Kier molecular flexibility index (Phi) is 6.86. The summed E-state index contributed by atoms with van der Waals surface area (Å²) >= 11 is 3.58. The van der Waals surface area contributed by atoms with Crippen molar-refractivity contribution in [2.45, 2.75) is 39.7 Å². The van der Waals surface area contributed by atoms with Crippen molar-refractivity contribution in [2.24, 2.45) is 4.99 Å². The first kappa shape index (κ1) is 17.0. The van der Waals surface area contributed by atoms with Gasteiger partial charge in [0.2, 0.25) is 0 Å². The van der Waals surface area contributed by atoms with Crippen molar-refractivity contribution >= 4 is 28.6 Å². The van der Waals surface area contributed by atoms with E-state index in [1.54, 1.807) is 11.3 Å². The minimum absolute atomic E-state index is 0.830. The van der Waals surface area contributed by atoms with Crippen molar-refractivity contribution in [1.29, 1.82) is 0 Å². The number of nitrogens with one attached hydrogen (secondary N) is 2. The van der Waals surface area contributed by atoms with Crippen molar-refractivity contribution in [2.75, 3.05) is 13.6 Å². The summed E-state index contributed by atoms with van der Waals surface area (Å²) in [5.41, 5.74) is 1.13. The van der Waals surface area contributed by atoms with Gasteiger partial charge in [-0.15, -0.1) is 22.7 Å². The number of thiophene rings is 1. The lowest BCUT2D eigenvalue weighted by atomic mass is 10.2. The average molecular weight is 337 g/mol. The Balaban J connectivity index is 1.60. The zero-order chi connectivity index (χ0) is 15.8. The van der Waals surface area contributed by atoms with Gasteiger partial charge in [-0.25, -0.2) is 4.98 Å². The van der Waals surface area contributed by atoms with Crippen molar-refractivity contribution in [3.05, 3.63) is 38.0 Å². The Morgan fingerprint density at radius 2 is 2.09 bits per heavy atom. The van der Waals surface area contributed by atoms with Crippen LogP contribution in [0.15, 0.2) is 22.5 Å². The highest BCUT2D eigenvalue weighted by Crippen LogP contribution is 2.14. The van der Waals surface area contributed by atoms with Crippen LogP contribution < -0.4 is 10.6 Å². The molecule has 22 heavy (non-hydrogen) atoms. The summed E-state index contributed by atoms with van der Waals surface area (Å²) in [4.78, 5) is 11.4. The summed E-state index contributed by atoms with van der Waals surface area (Å²) < 4.78 is 0. The summed E-state index contributed by atoms with van der Waals surface area (Å²) in [7, 11) is 1.81. The van der Waals surface area contributed by atoms with Gasteiger partial charge in [0.15, 0.2) is 5.96 Å². The van der Waals surface area contributed by atoms with Gasteiger partial charge in [-0.3, -0.25) is 4.99 Å². The van der Waals surface area contributed by atoms with Gasteiger partial charge >= 0.3 is 0 Å². The smallest absolute Gasteiger partial charge is 0.191 e. The zero-order valence-corrected chi connectivity index (χ0v) is 15.1. The van der Waals surface area contributed by atoms with E-state index in [0.717, 1.165) is 44.0 Å². The van der Waals surface area contributed by atoms with Crippen LogP contribution in [0.25, 0.3) is 0 Å². The largest absolute Gasteiger partial charge is 0.356 e. The second-order valence-electron chi connectivity index (χ2n) is 5.20. The second kappa shape index (κ2) is 8.90. The van der Waals surface area contributed by atoms with Gasteiger partial charge in [-0.1, -0.05) is 0 Å². The van der Waals surface area contributed by atoms with E-state index in [1.165, 1.54) is 14.8 Å². The van der Waals surface area contributed by atoms with Gasteiger partial charge in [-0.05, 0) is 45.2 Å². The molecule has 4 nitrogen and oxygen atoms in total. The molecular weight excluding hydrogens is 312 g/mol. The van der Waals surface area contributed by atoms with Crippen molar-refractivity contribution < 1.29 is 0 Å². The predicted molar refractivity (Wildman–Crippen MR) is 97.0 cm³/mol. The van der Waals surface area contributed by atoms with E-state index in [1.807, 2.05) is 25.3 Å². The quantitative estimate of drug-likeness (QED) is 0.462. The number of aliphatic imine (C=N–C) groups is 1. The predicted octanol–water partition coefficient (Wildman–Crippen LogP) is 3.51. The molecule has 0 unspecified atom stereocenters. The topological polar surface area (TPSA) is 49.3 Å². The molecular formula is C16H24N4S2. The Morgan fingerprint density at radius 1 is 1.23 bits per heavy atom. The van der Waals surface area contributed by atoms with Gasteiger partial charge in [0.25, 0.3) is 0 Å². The number of aryl methyl sites for hydroxylation is 3. The van der Waals surface area contributed by atoms with Crippen molar-refractivity contribution in [3.8, 4) is 0 Å². The van der Waals surface area contributed by atoms with E-state index >= 15 is 0 Å². The molecule has 0 bridgehead atoms. The molecule has 0 spiro atoms. The second-order valence-corrected chi connectivity index (χ2v) is 7.52. The van der Waals surface area contributed by atoms with Crippen LogP contribution in [0.3, 0.4) is 0 Å². The highest BCUT2D eigenvalue weighted by Gasteiger charge is 2.01. The highest BCUT2D eigenvalue weighted by molar-refractivity contribution is 7.11. The van der Waals surface area contributed by atoms with Crippen LogP contribution in [0.4, 0.5) is 0 Å². The zero-order valence-electron chi connectivity index (χ0n) is 13.5. The van der Waals surface area contributed by atoms with Crippen LogP contribution in [-0.2, 0) is 13.0 Å². The van der Waals surface area contributed by atoms with Crippen molar-refractivity contribution in [3.63, 3.8) is 0 Å². The van der Waals surface area contributed by atoms with E-state index in [0.29, 0.717) is 0 Å². The number of rotatable bonds is 7. The fourth-order valence-electron chi connectivity index (χ4n) is 2.10. The van der Waals surface area contributed by atoms with Crippen LogP contribution in [0.2, 0.25) is 0 Å². The number of unbranched alkanes of at least 4 members (excludes halogenated alkanes) is 1. The van der Waals surface area contributed by atoms with E-state index in [-0.39, 0.29) is 0 Å². The van der Waals surface area contributed by atoms with E-state index in [2.05, 4.69) is 45.0 Å². The van der Waals surface area contributed by atoms with E-state index in [9.17, 15) is 0 Å². The van der Waals surface area contributed by atoms with Crippen LogP contribution in [0, 0.1) is 13.8 Å².